The first-order chi connectivity index (χ1) is 10.8. The average molecular weight is 297 g/mol. The number of amides is 1. The zero-order chi connectivity index (χ0) is 15.6. The largest absolute Gasteiger partial charge is 0.493 e. The lowest BCUT2D eigenvalue weighted by Gasteiger charge is -2.10. The Hall–Kier alpha value is -2.75. The van der Waals surface area contributed by atoms with Crippen molar-refractivity contribution < 1.29 is 14.3 Å². The summed E-state index contributed by atoms with van der Waals surface area (Å²) in [6.07, 6.45) is 3.29. The van der Waals surface area contributed by atoms with Crippen molar-refractivity contribution in [3.8, 4) is 11.5 Å². The number of hydrogen-bond acceptors (Lipinski definition) is 3. The molecule has 22 heavy (non-hydrogen) atoms. The molecule has 0 atom stereocenters. The van der Waals surface area contributed by atoms with Gasteiger partial charge in [-0.05, 0) is 23.8 Å². The summed E-state index contributed by atoms with van der Waals surface area (Å²) < 4.78 is 10.8. The van der Waals surface area contributed by atoms with Crippen LogP contribution in [0.5, 0.6) is 11.5 Å². The Morgan fingerprint density at radius 2 is 1.73 bits per heavy atom. The Kier molecular flexibility index (Phi) is 6.05. The van der Waals surface area contributed by atoms with Crippen LogP contribution in [-0.2, 0) is 4.79 Å². The third-order valence-corrected chi connectivity index (χ3v) is 2.95. The molecule has 1 N–H and O–H groups in total. The highest BCUT2D eigenvalue weighted by Gasteiger charge is 2.02. The monoisotopic (exact) mass is 297 g/mol. The van der Waals surface area contributed by atoms with Crippen LogP contribution in [0.25, 0.3) is 6.08 Å². The Bertz CT molecular complexity index is 623. The number of ether oxygens (including phenoxy) is 2. The standard InChI is InChI=1S/C18H19NO3/c1-21-16-9-5-6-10-17(16)22-14-13-19-18(20)12-11-15-7-3-2-4-8-15/h2-12H,13-14H2,1H3,(H,19,20). The number of nitrogens with one attached hydrogen (secondary N) is 1. The summed E-state index contributed by atoms with van der Waals surface area (Å²) >= 11 is 0. The molecule has 0 fully saturated rings. The molecule has 0 aliphatic rings. The van der Waals surface area contributed by atoms with Crippen molar-refractivity contribution in [3.05, 3.63) is 66.2 Å². The number of benzene rings is 2. The normalized spacial score (nSPS) is 10.4. The highest BCUT2D eigenvalue weighted by atomic mass is 16.5. The van der Waals surface area contributed by atoms with Crippen molar-refractivity contribution in [3.63, 3.8) is 0 Å². The Balaban J connectivity index is 1.72. The second kappa shape index (κ2) is 8.52. The van der Waals surface area contributed by atoms with Crippen LogP contribution in [-0.4, -0.2) is 26.2 Å². The number of carbonyl (C=O) groups excluding carboxylic acids is 1. The lowest BCUT2D eigenvalue weighted by Crippen LogP contribution is -2.26. The quantitative estimate of drug-likeness (QED) is 0.631. The van der Waals surface area contributed by atoms with E-state index in [1.807, 2.05) is 54.6 Å². The molecule has 4 nitrogen and oxygen atoms in total. The molecule has 114 valence electrons. The molecule has 1 amide bonds. The van der Waals surface area contributed by atoms with E-state index < -0.39 is 0 Å². The van der Waals surface area contributed by atoms with Crippen LogP contribution >= 0.6 is 0 Å². The molecule has 2 aromatic rings. The van der Waals surface area contributed by atoms with Gasteiger partial charge in [0.05, 0.1) is 13.7 Å². The fourth-order valence-electron chi connectivity index (χ4n) is 1.87. The highest BCUT2D eigenvalue weighted by molar-refractivity contribution is 5.91. The molecular weight excluding hydrogens is 278 g/mol. The van der Waals surface area contributed by atoms with Crippen LogP contribution < -0.4 is 14.8 Å². The summed E-state index contributed by atoms with van der Waals surface area (Å²) in [5, 5.41) is 2.77. The summed E-state index contributed by atoms with van der Waals surface area (Å²) in [4.78, 5) is 11.7. The predicted octanol–water partition coefficient (Wildman–Crippen LogP) is 2.90. The molecule has 0 saturated carbocycles. The Morgan fingerprint density at radius 3 is 2.45 bits per heavy atom. The summed E-state index contributed by atoms with van der Waals surface area (Å²) in [6, 6.07) is 17.1. The minimum absolute atomic E-state index is 0.146. The molecular formula is C18H19NO3. The molecule has 0 saturated heterocycles. The first-order valence-corrected chi connectivity index (χ1v) is 7.06. The van der Waals surface area contributed by atoms with E-state index in [0.29, 0.717) is 24.7 Å². The maximum Gasteiger partial charge on any atom is 0.244 e. The van der Waals surface area contributed by atoms with E-state index >= 15 is 0 Å². The molecule has 4 heteroatoms. The zero-order valence-electron chi connectivity index (χ0n) is 12.5. The summed E-state index contributed by atoms with van der Waals surface area (Å²) in [7, 11) is 1.60. The van der Waals surface area contributed by atoms with Gasteiger partial charge < -0.3 is 14.8 Å². The van der Waals surface area contributed by atoms with E-state index in [1.165, 1.54) is 6.08 Å². The maximum absolute atomic E-state index is 11.7. The van der Waals surface area contributed by atoms with Crippen LogP contribution in [0.15, 0.2) is 60.7 Å². The first kappa shape index (κ1) is 15.6. The second-order valence-electron chi connectivity index (χ2n) is 4.53. The maximum atomic E-state index is 11.7. The van der Waals surface area contributed by atoms with Crippen LogP contribution in [0.1, 0.15) is 5.56 Å². The first-order valence-electron chi connectivity index (χ1n) is 7.06. The van der Waals surface area contributed by atoms with E-state index in [4.69, 9.17) is 9.47 Å². The van der Waals surface area contributed by atoms with Gasteiger partial charge in [0.15, 0.2) is 11.5 Å². The third-order valence-electron chi connectivity index (χ3n) is 2.95. The van der Waals surface area contributed by atoms with Gasteiger partial charge in [0.2, 0.25) is 5.91 Å². The van der Waals surface area contributed by atoms with E-state index in [9.17, 15) is 4.79 Å². The molecule has 0 heterocycles. The van der Waals surface area contributed by atoms with Gasteiger partial charge in [-0.2, -0.15) is 0 Å². The predicted molar refractivity (Wildman–Crippen MR) is 87.0 cm³/mol. The van der Waals surface area contributed by atoms with Gasteiger partial charge in [0.1, 0.15) is 6.61 Å². The number of carbonyl (C=O) groups is 1. The second-order valence-corrected chi connectivity index (χ2v) is 4.53. The number of para-hydroxylation sites is 2. The van der Waals surface area contributed by atoms with Crippen LogP contribution in [0.2, 0.25) is 0 Å². The topological polar surface area (TPSA) is 47.6 Å². The third kappa shape index (κ3) is 4.98. The fourth-order valence-corrected chi connectivity index (χ4v) is 1.87. The van der Waals surface area contributed by atoms with E-state index in [0.717, 1.165) is 5.56 Å². The molecule has 0 bridgehead atoms. The minimum atomic E-state index is -0.146. The summed E-state index contributed by atoms with van der Waals surface area (Å²) in [5.74, 6) is 1.20. The Labute approximate surface area is 130 Å². The molecule has 2 rings (SSSR count). The van der Waals surface area contributed by atoms with Gasteiger partial charge in [-0.1, -0.05) is 42.5 Å². The molecule has 0 spiro atoms. The molecule has 0 unspecified atom stereocenters. The van der Waals surface area contributed by atoms with Crippen molar-refractivity contribution in [2.45, 2.75) is 0 Å². The van der Waals surface area contributed by atoms with Crippen molar-refractivity contribution in [2.75, 3.05) is 20.3 Å². The van der Waals surface area contributed by atoms with Crippen molar-refractivity contribution in [2.24, 2.45) is 0 Å². The zero-order valence-corrected chi connectivity index (χ0v) is 12.5. The van der Waals surface area contributed by atoms with Gasteiger partial charge in [0.25, 0.3) is 0 Å². The van der Waals surface area contributed by atoms with Gasteiger partial charge >= 0.3 is 0 Å². The Morgan fingerprint density at radius 1 is 1.05 bits per heavy atom. The highest BCUT2D eigenvalue weighted by Crippen LogP contribution is 2.25. The number of methoxy groups -OCH3 is 1. The molecule has 0 aromatic heterocycles. The van der Waals surface area contributed by atoms with Gasteiger partial charge in [-0.25, -0.2) is 0 Å². The molecule has 0 radical (unpaired) electrons. The minimum Gasteiger partial charge on any atom is -0.493 e. The molecule has 2 aromatic carbocycles. The van der Waals surface area contributed by atoms with Crippen molar-refractivity contribution in [1.82, 2.24) is 5.32 Å². The molecule has 0 aliphatic carbocycles. The van der Waals surface area contributed by atoms with E-state index in [2.05, 4.69) is 5.32 Å². The average Bonchev–Trinajstić information content (AvgIpc) is 2.58. The van der Waals surface area contributed by atoms with E-state index in [-0.39, 0.29) is 5.91 Å². The number of hydrogen-bond donors (Lipinski definition) is 1. The SMILES string of the molecule is COc1ccccc1OCCNC(=O)C=Cc1ccccc1. The fraction of sp³-hybridized carbons (Fsp3) is 0.167. The lowest BCUT2D eigenvalue weighted by molar-refractivity contribution is -0.116. The van der Waals surface area contributed by atoms with Crippen LogP contribution in [0.3, 0.4) is 0 Å². The molecule has 0 aliphatic heterocycles. The van der Waals surface area contributed by atoms with Crippen molar-refractivity contribution in [1.29, 1.82) is 0 Å². The lowest BCUT2D eigenvalue weighted by atomic mass is 10.2. The van der Waals surface area contributed by atoms with Gasteiger partial charge in [0, 0.05) is 6.08 Å². The smallest absolute Gasteiger partial charge is 0.244 e. The van der Waals surface area contributed by atoms with Crippen LogP contribution in [0.4, 0.5) is 0 Å². The van der Waals surface area contributed by atoms with Crippen molar-refractivity contribution >= 4 is 12.0 Å². The van der Waals surface area contributed by atoms with E-state index in [1.54, 1.807) is 13.2 Å². The van der Waals surface area contributed by atoms with Gasteiger partial charge in [-0.15, -0.1) is 0 Å². The van der Waals surface area contributed by atoms with Gasteiger partial charge in [-0.3, -0.25) is 4.79 Å². The summed E-state index contributed by atoms with van der Waals surface area (Å²) in [6.45, 7) is 0.807. The number of rotatable bonds is 7. The van der Waals surface area contributed by atoms with Crippen LogP contribution in [0, 0.1) is 0 Å². The summed E-state index contributed by atoms with van der Waals surface area (Å²) in [5.41, 5.74) is 0.989.